The molecule has 0 unspecified atom stereocenters. The van der Waals surface area contributed by atoms with Gasteiger partial charge in [-0.2, -0.15) is 0 Å². The van der Waals surface area contributed by atoms with Crippen molar-refractivity contribution in [3.63, 3.8) is 0 Å². The molecule has 0 atom stereocenters. The van der Waals surface area contributed by atoms with E-state index in [1.807, 2.05) is 26.0 Å². The molecule has 17 heavy (non-hydrogen) atoms. The highest BCUT2D eigenvalue weighted by Crippen LogP contribution is 2.14. The van der Waals surface area contributed by atoms with Gasteiger partial charge in [-0.1, -0.05) is 50.6 Å². The zero-order valence-corrected chi connectivity index (χ0v) is 10.8. The van der Waals surface area contributed by atoms with Crippen molar-refractivity contribution in [3.8, 4) is 0 Å². The van der Waals surface area contributed by atoms with E-state index in [0.717, 1.165) is 27.9 Å². The van der Waals surface area contributed by atoms with Crippen LogP contribution in [0.3, 0.4) is 0 Å². The van der Waals surface area contributed by atoms with E-state index in [1.54, 1.807) is 6.08 Å². The maximum Gasteiger partial charge on any atom is 0.0343 e. The molecule has 0 aromatic heterocycles. The fourth-order valence-corrected chi connectivity index (χ4v) is 0.854. The van der Waals surface area contributed by atoms with E-state index in [1.165, 1.54) is 0 Å². The predicted molar refractivity (Wildman–Crippen MR) is 80.6 cm³/mol. The Bertz CT molecular complexity index is 448. The zero-order chi connectivity index (χ0) is 13.6. The van der Waals surface area contributed by atoms with Crippen LogP contribution in [0.15, 0.2) is 84.7 Å². The minimum absolute atomic E-state index is 0. The van der Waals surface area contributed by atoms with Gasteiger partial charge in [0.1, 0.15) is 0 Å². The Kier molecular flexibility index (Phi) is 5.76. The molecule has 0 saturated heterocycles. The molecule has 0 radical (unpaired) electrons. The first-order valence-electron chi connectivity index (χ1n) is 5.29. The van der Waals surface area contributed by atoms with Crippen LogP contribution in [-0.2, 0) is 0 Å². The quantitative estimate of drug-likeness (QED) is 0.669. The molecule has 0 heterocycles. The standard InChI is InChI=1S/C16H21N.H2/c1-11(2)13(5)8-9-14(6)15(7)10-16(17)12(3)4;/h8-10H,1,3,5-7,17H2,2,4H3;1H/b9-8-,16-10+;. The number of nitrogens with two attached hydrogens (primary N) is 1. The second kappa shape index (κ2) is 6.54. The van der Waals surface area contributed by atoms with Crippen molar-refractivity contribution in [3.05, 3.63) is 84.7 Å². The largest absolute Gasteiger partial charge is 0.399 e. The van der Waals surface area contributed by atoms with Crippen molar-refractivity contribution in [2.75, 3.05) is 0 Å². The third kappa shape index (κ3) is 5.57. The molecular formula is C16H23N. The molecular weight excluding hydrogens is 206 g/mol. The van der Waals surface area contributed by atoms with Crippen LogP contribution in [-0.4, -0.2) is 0 Å². The van der Waals surface area contributed by atoms with Crippen LogP contribution in [0, 0.1) is 0 Å². The number of hydrogen-bond acceptors (Lipinski definition) is 1. The average molecular weight is 229 g/mol. The highest BCUT2D eigenvalue weighted by Gasteiger charge is 1.96. The zero-order valence-electron chi connectivity index (χ0n) is 10.8. The van der Waals surface area contributed by atoms with Crippen LogP contribution < -0.4 is 5.73 Å². The van der Waals surface area contributed by atoms with Gasteiger partial charge in [0.25, 0.3) is 0 Å². The summed E-state index contributed by atoms with van der Waals surface area (Å²) in [4.78, 5) is 0. The van der Waals surface area contributed by atoms with Crippen molar-refractivity contribution in [2.24, 2.45) is 5.73 Å². The Morgan fingerprint density at radius 1 is 0.824 bits per heavy atom. The fourth-order valence-electron chi connectivity index (χ4n) is 0.854. The molecule has 0 fully saturated rings. The Labute approximate surface area is 106 Å². The summed E-state index contributed by atoms with van der Waals surface area (Å²) in [6, 6.07) is 0. The molecule has 0 amide bonds. The van der Waals surface area contributed by atoms with Gasteiger partial charge in [0, 0.05) is 7.12 Å². The van der Waals surface area contributed by atoms with Crippen LogP contribution in [0.25, 0.3) is 0 Å². The summed E-state index contributed by atoms with van der Waals surface area (Å²) in [7, 11) is 0. The number of rotatable bonds is 6. The maximum atomic E-state index is 5.76. The molecule has 0 saturated carbocycles. The van der Waals surface area contributed by atoms with Gasteiger partial charge in [-0.15, -0.1) is 0 Å². The van der Waals surface area contributed by atoms with Gasteiger partial charge in [-0.05, 0) is 42.2 Å². The molecule has 1 heteroatoms. The van der Waals surface area contributed by atoms with Gasteiger partial charge in [-0.3, -0.25) is 0 Å². The topological polar surface area (TPSA) is 26.0 Å². The Morgan fingerprint density at radius 2 is 1.29 bits per heavy atom. The summed E-state index contributed by atoms with van der Waals surface area (Å²) in [6.07, 6.45) is 5.47. The maximum absolute atomic E-state index is 5.76. The second-order valence-corrected chi connectivity index (χ2v) is 4.07. The first-order chi connectivity index (χ1) is 7.75. The average Bonchev–Trinajstić information content (AvgIpc) is 2.24. The summed E-state index contributed by atoms with van der Waals surface area (Å²) in [6.45, 7) is 23.0. The van der Waals surface area contributed by atoms with Crippen LogP contribution in [0.1, 0.15) is 15.3 Å². The van der Waals surface area contributed by atoms with Gasteiger partial charge >= 0.3 is 0 Å². The van der Waals surface area contributed by atoms with Crippen molar-refractivity contribution >= 4 is 0 Å². The van der Waals surface area contributed by atoms with Crippen molar-refractivity contribution in [1.29, 1.82) is 0 Å². The van der Waals surface area contributed by atoms with Gasteiger partial charge in [0.15, 0.2) is 0 Å². The third-order valence-corrected chi connectivity index (χ3v) is 2.27. The molecule has 0 aromatic carbocycles. The lowest BCUT2D eigenvalue weighted by molar-refractivity contribution is 1.29. The number of allylic oxidation sites excluding steroid dienone is 8. The minimum Gasteiger partial charge on any atom is -0.399 e. The fraction of sp³-hybridized carbons (Fsp3) is 0.125. The Morgan fingerprint density at radius 3 is 1.71 bits per heavy atom. The SMILES string of the molecule is C=C(C)C(=C)/C=C\C(=C)C(=C)/C=C(/N)C(=C)C.[HH]. The highest BCUT2D eigenvalue weighted by molar-refractivity contribution is 5.48. The van der Waals surface area contributed by atoms with Crippen LogP contribution >= 0.6 is 0 Å². The normalized spacial score (nSPS) is 11.3. The van der Waals surface area contributed by atoms with Crippen LogP contribution in [0.4, 0.5) is 0 Å². The lowest BCUT2D eigenvalue weighted by Gasteiger charge is -2.03. The van der Waals surface area contributed by atoms with E-state index >= 15 is 0 Å². The van der Waals surface area contributed by atoms with E-state index in [0.29, 0.717) is 5.70 Å². The van der Waals surface area contributed by atoms with Crippen molar-refractivity contribution in [2.45, 2.75) is 13.8 Å². The van der Waals surface area contributed by atoms with Gasteiger partial charge < -0.3 is 5.73 Å². The van der Waals surface area contributed by atoms with Crippen LogP contribution in [0.5, 0.6) is 0 Å². The van der Waals surface area contributed by atoms with E-state index in [9.17, 15) is 0 Å². The first kappa shape index (κ1) is 15.0. The minimum atomic E-state index is 0. The molecule has 0 aromatic rings. The number of hydrogen-bond donors (Lipinski definition) is 1. The molecule has 0 bridgehead atoms. The summed E-state index contributed by atoms with van der Waals surface area (Å²) in [5.41, 5.74) is 10.5. The predicted octanol–water partition coefficient (Wildman–Crippen LogP) is 4.45. The van der Waals surface area contributed by atoms with Gasteiger partial charge in [-0.25, -0.2) is 0 Å². The van der Waals surface area contributed by atoms with Crippen LogP contribution in [0.2, 0.25) is 0 Å². The smallest absolute Gasteiger partial charge is 0.0343 e. The lowest BCUT2D eigenvalue weighted by Crippen LogP contribution is -1.98. The van der Waals surface area contributed by atoms with Crippen molar-refractivity contribution < 1.29 is 1.43 Å². The molecule has 0 aliphatic heterocycles. The third-order valence-electron chi connectivity index (χ3n) is 2.27. The molecule has 1 nitrogen and oxygen atoms in total. The molecule has 0 rings (SSSR count). The molecule has 0 spiro atoms. The summed E-state index contributed by atoms with van der Waals surface area (Å²) >= 11 is 0. The van der Waals surface area contributed by atoms with Gasteiger partial charge in [0.05, 0.1) is 0 Å². The van der Waals surface area contributed by atoms with E-state index in [2.05, 4.69) is 32.9 Å². The van der Waals surface area contributed by atoms with E-state index in [-0.39, 0.29) is 1.43 Å². The molecule has 0 aliphatic carbocycles. The summed E-state index contributed by atoms with van der Waals surface area (Å²) in [5, 5.41) is 0. The second-order valence-electron chi connectivity index (χ2n) is 4.07. The Hall–Kier alpha value is -2.02. The molecule has 92 valence electrons. The molecule has 0 aliphatic rings. The van der Waals surface area contributed by atoms with E-state index in [4.69, 9.17) is 5.73 Å². The summed E-state index contributed by atoms with van der Waals surface area (Å²) < 4.78 is 0. The lowest BCUT2D eigenvalue weighted by atomic mass is 10.0. The Balaban J connectivity index is 0. The first-order valence-corrected chi connectivity index (χ1v) is 5.29. The van der Waals surface area contributed by atoms with E-state index < -0.39 is 0 Å². The van der Waals surface area contributed by atoms with Gasteiger partial charge in [0.2, 0.25) is 0 Å². The summed E-state index contributed by atoms with van der Waals surface area (Å²) in [5.74, 6) is 0. The highest BCUT2D eigenvalue weighted by atomic mass is 14.6. The van der Waals surface area contributed by atoms with Crippen molar-refractivity contribution in [1.82, 2.24) is 0 Å². The monoisotopic (exact) mass is 229 g/mol. The molecule has 2 N–H and O–H groups in total.